The summed E-state index contributed by atoms with van der Waals surface area (Å²) < 4.78 is 0. The summed E-state index contributed by atoms with van der Waals surface area (Å²) in [7, 11) is 0. The predicted molar refractivity (Wildman–Crippen MR) is 72.7 cm³/mol. The lowest BCUT2D eigenvalue weighted by molar-refractivity contribution is 0.902. The van der Waals surface area contributed by atoms with Gasteiger partial charge in [0.25, 0.3) is 0 Å². The van der Waals surface area contributed by atoms with Crippen LogP contribution in [0.5, 0.6) is 0 Å². The normalized spacial score (nSPS) is 10.8. The Labute approximate surface area is 108 Å². The van der Waals surface area contributed by atoms with Crippen LogP contribution in [0.1, 0.15) is 23.5 Å². The summed E-state index contributed by atoms with van der Waals surface area (Å²) in [4.78, 5) is 0. The third-order valence-electron chi connectivity index (χ3n) is 2.66. The first-order valence-electron chi connectivity index (χ1n) is 5.88. The number of nitrogens with zero attached hydrogens (tertiary/aromatic N) is 1. The third-order valence-corrected chi connectivity index (χ3v) is 2.66. The Hall–Kier alpha value is -2.51. The van der Waals surface area contributed by atoms with Crippen LogP contribution in [0.2, 0.25) is 0 Å². The van der Waals surface area contributed by atoms with Crippen molar-refractivity contribution in [2.45, 2.75) is 12.3 Å². The van der Waals surface area contributed by atoms with E-state index in [1.807, 2.05) is 60.7 Å². The summed E-state index contributed by atoms with van der Waals surface area (Å²) in [6.45, 7) is 0. The monoisotopic (exact) mass is 231 g/mol. The summed E-state index contributed by atoms with van der Waals surface area (Å²) >= 11 is 0. The van der Waals surface area contributed by atoms with E-state index >= 15 is 0 Å². The Bertz CT molecular complexity index is 582. The molecular weight excluding hydrogens is 218 g/mol. The molecule has 1 unspecified atom stereocenters. The van der Waals surface area contributed by atoms with Crippen molar-refractivity contribution >= 4 is 0 Å². The molecule has 0 saturated carbocycles. The molecule has 86 valence electrons. The van der Waals surface area contributed by atoms with Crippen LogP contribution < -0.4 is 0 Å². The van der Waals surface area contributed by atoms with Gasteiger partial charge in [0.05, 0.1) is 18.4 Å². The quantitative estimate of drug-likeness (QED) is 0.722. The van der Waals surface area contributed by atoms with Gasteiger partial charge < -0.3 is 0 Å². The highest BCUT2D eigenvalue weighted by Crippen LogP contribution is 2.18. The Kier molecular flexibility index (Phi) is 4.17. The maximum atomic E-state index is 8.88. The summed E-state index contributed by atoms with van der Waals surface area (Å²) in [5, 5.41) is 8.88. The van der Waals surface area contributed by atoms with E-state index in [1.54, 1.807) is 0 Å². The predicted octanol–water partition coefficient (Wildman–Crippen LogP) is 3.74. The van der Waals surface area contributed by atoms with E-state index in [0.29, 0.717) is 6.42 Å². The van der Waals surface area contributed by atoms with E-state index in [9.17, 15) is 0 Å². The van der Waals surface area contributed by atoms with Crippen LogP contribution in [-0.4, -0.2) is 0 Å². The zero-order valence-corrected chi connectivity index (χ0v) is 10.0. The van der Waals surface area contributed by atoms with Crippen LogP contribution in [0, 0.1) is 23.2 Å². The molecule has 0 N–H and O–H groups in total. The highest BCUT2D eigenvalue weighted by molar-refractivity contribution is 5.38. The van der Waals surface area contributed by atoms with Crippen molar-refractivity contribution in [3.05, 3.63) is 71.8 Å². The average Bonchev–Trinajstić information content (AvgIpc) is 2.45. The van der Waals surface area contributed by atoms with Crippen LogP contribution >= 0.6 is 0 Å². The molecule has 0 aliphatic heterocycles. The van der Waals surface area contributed by atoms with E-state index in [4.69, 9.17) is 5.26 Å². The highest BCUT2D eigenvalue weighted by atomic mass is 14.2. The maximum Gasteiger partial charge on any atom is 0.0638 e. The summed E-state index contributed by atoms with van der Waals surface area (Å²) in [6, 6.07) is 22.0. The van der Waals surface area contributed by atoms with Crippen LogP contribution in [0.25, 0.3) is 0 Å². The molecule has 0 amide bonds. The lowest BCUT2D eigenvalue weighted by atomic mass is 9.96. The van der Waals surface area contributed by atoms with E-state index < -0.39 is 0 Å². The Morgan fingerprint density at radius 2 is 1.50 bits per heavy atom. The highest BCUT2D eigenvalue weighted by Gasteiger charge is 2.06. The van der Waals surface area contributed by atoms with Gasteiger partial charge in [0.2, 0.25) is 0 Å². The van der Waals surface area contributed by atoms with Gasteiger partial charge in [0.1, 0.15) is 0 Å². The van der Waals surface area contributed by atoms with Crippen molar-refractivity contribution in [2.24, 2.45) is 0 Å². The van der Waals surface area contributed by atoms with E-state index in [1.165, 1.54) is 0 Å². The minimum Gasteiger partial charge on any atom is -0.198 e. The fourth-order valence-corrected chi connectivity index (χ4v) is 1.72. The fourth-order valence-electron chi connectivity index (χ4n) is 1.72. The van der Waals surface area contributed by atoms with Gasteiger partial charge >= 0.3 is 0 Å². The van der Waals surface area contributed by atoms with Gasteiger partial charge in [-0.3, -0.25) is 0 Å². The van der Waals surface area contributed by atoms with Gasteiger partial charge in [0.15, 0.2) is 0 Å². The van der Waals surface area contributed by atoms with Crippen molar-refractivity contribution in [3.8, 4) is 17.9 Å². The number of benzene rings is 2. The molecule has 0 bridgehead atoms. The standard InChI is InChI=1S/C17H13N/c18-14-13-17(16-9-5-2-6-10-16)12-11-15-7-3-1-4-8-15/h1-10,17H,13H2. The fraction of sp³-hybridized carbons (Fsp3) is 0.118. The second-order valence-electron chi connectivity index (χ2n) is 3.96. The second-order valence-corrected chi connectivity index (χ2v) is 3.96. The van der Waals surface area contributed by atoms with E-state index in [-0.39, 0.29) is 5.92 Å². The van der Waals surface area contributed by atoms with Gasteiger partial charge in [-0.15, -0.1) is 0 Å². The lowest BCUT2D eigenvalue weighted by Gasteiger charge is -2.05. The Balaban J connectivity index is 2.23. The second kappa shape index (κ2) is 6.28. The molecule has 0 fully saturated rings. The lowest BCUT2D eigenvalue weighted by Crippen LogP contribution is -1.94. The average molecular weight is 231 g/mol. The third kappa shape index (κ3) is 3.24. The van der Waals surface area contributed by atoms with Crippen molar-refractivity contribution < 1.29 is 0 Å². The van der Waals surface area contributed by atoms with Crippen molar-refractivity contribution in [3.63, 3.8) is 0 Å². The summed E-state index contributed by atoms with van der Waals surface area (Å²) in [5.74, 6) is 6.29. The maximum absolute atomic E-state index is 8.88. The molecule has 1 heteroatoms. The Morgan fingerprint density at radius 1 is 0.889 bits per heavy atom. The molecule has 0 saturated heterocycles. The number of nitriles is 1. The van der Waals surface area contributed by atoms with Crippen molar-refractivity contribution in [1.29, 1.82) is 5.26 Å². The summed E-state index contributed by atoms with van der Waals surface area (Å²) in [6.07, 6.45) is 0.420. The molecule has 0 spiro atoms. The van der Waals surface area contributed by atoms with Gasteiger partial charge in [-0.2, -0.15) is 5.26 Å². The van der Waals surface area contributed by atoms with Crippen LogP contribution in [0.4, 0.5) is 0 Å². The molecule has 2 aromatic carbocycles. The first-order valence-corrected chi connectivity index (χ1v) is 5.88. The molecule has 2 rings (SSSR count). The van der Waals surface area contributed by atoms with Crippen LogP contribution in [-0.2, 0) is 0 Å². The van der Waals surface area contributed by atoms with E-state index in [2.05, 4.69) is 17.9 Å². The molecule has 18 heavy (non-hydrogen) atoms. The van der Waals surface area contributed by atoms with E-state index in [0.717, 1.165) is 11.1 Å². The van der Waals surface area contributed by atoms with Crippen LogP contribution in [0.15, 0.2) is 60.7 Å². The van der Waals surface area contributed by atoms with Crippen molar-refractivity contribution in [2.75, 3.05) is 0 Å². The van der Waals surface area contributed by atoms with Gasteiger partial charge in [-0.05, 0) is 17.7 Å². The first kappa shape index (κ1) is 12.0. The smallest absolute Gasteiger partial charge is 0.0638 e. The molecule has 0 heterocycles. The topological polar surface area (TPSA) is 23.8 Å². The minimum absolute atomic E-state index is 0.0172. The van der Waals surface area contributed by atoms with Gasteiger partial charge in [-0.25, -0.2) is 0 Å². The zero-order chi connectivity index (χ0) is 12.6. The number of hydrogen-bond acceptors (Lipinski definition) is 1. The Morgan fingerprint density at radius 3 is 2.11 bits per heavy atom. The molecule has 1 atom stereocenters. The number of hydrogen-bond donors (Lipinski definition) is 0. The van der Waals surface area contributed by atoms with Crippen molar-refractivity contribution in [1.82, 2.24) is 0 Å². The minimum atomic E-state index is -0.0172. The SMILES string of the molecule is N#CCC(C#Cc1ccccc1)c1ccccc1. The zero-order valence-electron chi connectivity index (χ0n) is 10.0. The molecule has 0 aliphatic carbocycles. The van der Waals surface area contributed by atoms with Gasteiger partial charge in [0, 0.05) is 5.56 Å². The molecule has 0 aliphatic rings. The molecule has 2 aromatic rings. The van der Waals surface area contributed by atoms with Gasteiger partial charge in [-0.1, -0.05) is 60.4 Å². The molecular formula is C17H13N. The van der Waals surface area contributed by atoms with Crippen LogP contribution in [0.3, 0.4) is 0 Å². The number of rotatable bonds is 2. The largest absolute Gasteiger partial charge is 0.198 e. The first-order chi connectivity index (χ1) is 8.90. The molecule has 1 nitrogen and oxygen atoms in total. The summed E-state index contributed by atoms with van der Waals surface area (Å²) in [5.41, 5.74) is 2.08. The molecule has 0 aromatic heterocycles. The molecule has 0 radical (unpaired) electrons.